The quantitative estimate of drug-likeness (QED) is 0.330. The standard InChI is InChI=1S/C13H17N3O3/c14-12(16-18)9-3-5-11(6-4-9)15-13(17)10-2-1-7-19-8-10/h3-6,10,18H,1-2,7-8H2,(H2,14,16)(H,15,17). The van der Waals surface area contributed by atoms with E-state index in [4.69, 9.17) is 15.7 Å². The van der Waals surface area contributed by atoms with Crippen molar-refractivity contribution in [3.63, 3.8) is 0 Å². The molecule has 1 fully saturated rings. The van der Waals surface area contributed by atoms with Gasteiger partial charge in [-0.05, 0) is 37.1 Å². The summed E-state index contributed by atoms with van der Waals surface area (Å²) >= 11 is 0. The Morgan fingerprint density at radius 3 is 2.74 bits per heavy atom. The maximum absolute atomic E-state index is 12.0. The van der Waals surface area contributed by atoms with Crippen molar-refractivity contribution in [2.24, 2.45) is 16.8 Å². The monoisotopic (exact) mass is 263 g/mol. The molecule has 1 aliphatic heterocycles. The highest BCUT2D eigenvalue weighted by Gasteiger charge is 2.21. The highest BCUT2D eigenvalue weighted by Crippen LogP contribution is 2.17. The van der Waals surface area contributed by atoms with Crippen LogP contribution in [0.4, 0.5) is 5.69 Å². The van der Waals surface area contributed by atoms with Crippen LogP contribution in [-0.4, -0.2) is 30.2 Å². The molecule has 19 heavy (non-hydrogen) atoms. The van der Waals surface area contributed by atoms with E-state index < -0.39 is 0 Å². The van der Waals surface area contributed by atoms with Gasteiger partial charge in [-0.15, -0.1) is 0 Å². The molecule has 1 amide bonds. The van der Waals surface area contributed by atoms with E-state index in [1.807, 2.05) is 0 Å². The summed E-state index contributed by atoms with van der Waals surface area (Å²) in [5.41, 5.74) is 6.74. The van der Waals surface area contributed by atoms with E-state index in [0.717, 1.165) is 19.4 Å². The third-order valence-corrected chi connectivity index (χ3v) is 3.09. The molecule has 1 saturated heterocycles. The molecule has 1 heterocycles. The van der Waals surface area contributed by atoms with Gasteiger partial charge in [0.2, 0.25) is 5.91 Å². The number of benzene rings is 1. The zero-order valence-corrected chi connectivity index (χ0v) is 10.5. The molecule has 102 valence electrons. The number of ether oxygens (including phenoxy) is 1. The van der Waals surface area contributed by atoms with Crippen LogP contribution in [-0.2, 0) is 9.53 Å². The lowest BCUT2D eigenvalue weighted by Gasteiger charge is -2.21. The Kier molecular flexibility index (Phi) is 4.35. The second-order valence-corrected chi connectivity index (χ2v) is 4.47. The van der Waals surface area contributed by atoms with Gasteiger partial charge in [0.05, 0.1) is 12.5 Å². The number of amidine groups is 1. The number of carbonyl (C=O) groups excluding carboxylic acids is 1. The van der Waals surface area contributed by atoms with Crippen LogP contribution >= 0.6 is 0 Å². The largest absolute Gasteiger partial charge is 0.409 e. The molecule has 1 aliphatic rings. The van der Waals surface area contributed by atoms with Crippen molar-refractivity contribution < 1.29 is 14.7 Å². The minimum atomic E-state index is -0.0856. The SMILES string of the molecule is NC(=NO)c1ccc(NC(=O)C2CCCOC2)cc1. The Bertz CT molecular complexity index is 465. The van der Waals surface area contributed by atoms with E-state index in [1.54, 1.807) is 24.3 Å². The molecular weight excluding hydrogens is 246 g/mol. The summed E-state index contributed by atoms with van der Waals surface area (Å²) in [7, 11) is 0. The Labute approximate surface area is 111 Å². The van der Waals surface area contributed by atoms with E-state index >= 15 is 0 Å². The van der Waals surface area contributed by atoms with Crippen molar-refractivity contribution in [3.8, 4) is 0 Å². The van der Waals surface area contributed by atoms with Gasteiger partial charge in [-0.1, -0.05) is 5.16 Å². The van der Waals surface area contributed by atoms with E-state index in [0.29, 0.717) is 17.9 Å². The molecule has 1 unspecified atom stereocenters. The van der Waals surface area contributed by atoms with Crippen molar-refractivity contribution in [3.05, 3.63) is 29.8 Å². The maximum Gasteiger partial charge on any atom is 0.229 e. The zero-order valence-electron chi connectivity index (χ0n) is 10.5. The molecule has 0 aliphatic carbocycles. The second-order valence-electron chi connectivity index (χ2n) is 4.47. The van der Waals surface area contributed by atoms with Crippen LogP contribution in [0.2, 0.25) is 0 Å². The smallest absolute Gasteiger partial charge is 0.229 e. The van der Waals surface area contributed by atoms with E-state index in [-0.39, 0.29) is 17.7 Å². The number of anilines is 1. The van der Waals surface area contributed by atoms with Crippen molar-refractivity contribution in [1.29, 1.82) is 0 Å². The Balaban J connectivity index is 1.97. The summed E-state index contributed by atoms with van der Waals surface area (Å²) < 4.78 is 5.29. The molecule has 0 aromatic heterocycles. The molecule has 0 spiro atoms. The van der Waals surface area contributed by atoms with Gasteiger partial charge in [-0.2, -0.15) is 0 Å². The van der Waals surface area contributed by atoms with Crippen molar-refractivity contribution in [2.75, 3.05) is 18.5 Å². The normalized spacial score (nSPS) is 20.0. The average molecular weight is 263 g/mol. The highest BCUT2D eigenvalue weighted by atomic mass is 16.5. The Morgan fingerprint density at radius 1 is 1.42 bits per heavy atom. The predicted molar refractivity (Wildman–Crippen MR) is 71.1 cm³/mol. The van der Waals surface area contributed by atoms with Crippen molar-refractivity contribution in [2.45, 2.75) is 12.8 Å². The van der Waals surface area contributed by atoms with E-state index in [2.05, 4.69) is 10.5 Å². The van der Waals surface area contributed by atoms with Crippen molar-refractivity contribution in [1.82, 2.24) is 0 Å². The first-order valence-corrected chi connectivity index (χ1v) is 6.17. The first-order chi connectivity index (χ1) is 9.20. The first kappa shape index (κ1) is 13.4. The lowest BCUT2D eigenvalue weighted by atomic mass is 10.0. The summed E-state index contributed by atoms with van der Waals surface area (Å²) in [6.07, 6.45) is 1.77. The van der Waals surface area contributed by atoms with Gasteiger partial charge in [-0.25, -0.2) is 0 Å². The Hall–Kier alpha value is -2.08. The molecule has 1 atom stereocenters. The fraction of sp³-hybridized carbons (Fsp3) is 0.385. The average Bonchev–Trinajstić information content (AvgIpc) is 2.48. The number of oxime groups is 1. The maximum atomic E-state index is 12.0. The highest BCUT2D eigenvalue weighted by molar-refractivity contribution is 5.98. The van der Waals surface area contributed by atoms with Crippen molar-refractivity contribution >= 4 is 17.4 Å². The fourth-order valence-corrected chi connectivity index (χ4v) is 1.97. The van der Waals surface area contributed by atoms with E-state index in [9.17, 15) is 4.79 Å². The summed E-state index contributed by atoms with van der Waals surface area (Å²) in [5.74, 6) is -0.0766. The molecule has 0 bridgehead atoms. The number of rotatable bonds is 3. The number of nitrogens with zero attached hydrogens (tertiary/aromatic N) is 1. The van der Waals surface area contributed by atoms with Crippen LogP contribution in [0.1, 0.15) is 18.4 Å². The van der Waals surface area contributed by atoms with Crippen LogP contribution in [0.25, 0.3) is 0 Å². The topological polar surface area (TPSA) is 96.9 Å². The third-order valence-electron chi connectivity index (χ3n) is 3.09. The molecule has 2 rings (SSSR count). The lowest BCUT2D eigenvalue weighted by molar-refractivity contribution is -0.123. The minimum absolute atomic E-state index is 0.0313. The number of nitrogens with two attached hydrogens (primary N) is 1. The predicted octanol–water partition coefficient (Wildman–Crippen LogP) is 1.15. The number of nitrogens with one attached hydrogen (secondary N) is 1. The number of hydrogen-bond donors (Lipinski definition) is 3. The van der Waals surface area contributed by atoms with Crippen LogP contribution < -0.4 is 11.1 Å². The van der Waals surface area contributed by atoms with Gasteiger partial charge >= 0.3 is 0 Å². The van der Waals surface area contributed by atoms with Gasteiger partial charge in [0.1, 0.15) is 0 Å². The van der Waals surface area contributed by atoms with Crippen LogP contribution in [0.15, 0.2) is 29.4 Å². The van der Waals surface area contributed by atoms with Gasteiger partial charge in [0.15, 0.2) is 5.84 Å². The molecular formula is C13H17N3O3. The van der Waals surface area contributed by atoms with Crippen LogP contribution in [0.3, 0.4) is 0 Å². The summed E-state index contributed by atoms with van der Waals surface area (Å²) in [5, 5.41) is 14.3. The molecule has 4 N–H and O–H groups in total. The first-order valence-electron chi connectivity index (χ1n) is 6.17. The molecule has 1 aromatic rings. The lowest BCUT2D eigenvalue weighted by Crippen LogP contribution is -2.30. The van der Waals surface area contributed by atoms with Crippen LogP contribution in [0, 0.1) is 5.92 Å². The Morgan fingerprint density at radius 2 is 2.16 bits per heavy atom. The molecule has 0 saturated carbocycles. The zero-order chi connectivity index (χ0) is 13.7. The molecule has 6 heteroatoms. The summed E-state index contributed by atoms with van der Waals surface area (Å²) in [6, 6.07) is 6.80. The summed E-state index contributed by atoms with van der Waals surface area (Å²) in [4.78, 5) is 12.0. The third kappa shape index (κ3) is 3.45. The minimum Gasteiger partial charge on any atom is -0.409 e. The fourth-order valence-electron chi connectivity index (χ4n) is 1.97. The van der Waals surface area contributed by atoms with Crippen LogP contribution in [0.5, 0.6) is 0 Å². The van der Waals surface area contributed by atoms with E-state index in [1.165, 1.54) is 0 Å². The number of amides is 1. The molecule has 0 radical (unpaired) electrons. The molecule has 6 nitrogen and oxygen atoms in total. The van der Waals surface area contributed by atoms with Gasteiger partial charge in [0.25, 0.3) is 0 Å². The summed E-state index contributed by atoms with van der Waals surface area (Å²) in [6.45, 7) is 1.21. The number of carbonyl (C=O) groups is 1. The van der Waals surface area contributed by atoms with Gasteiger partial charge in [-0.3, -0.25) is 4.79 Å². The number of hydrogen-bond acceptors (Lipinski definition) is 4. The van der Waals surface area contributed by atoms with Gasteiger partial charge < -0.3 is 21.0 Å². The van der Waals surface area contributed by atoms with Gasteiger partial charge in [0, 0.05) is 17.9 Å². The second kappa shape index (κ2) is 6.19. The molecule has 1 aromatic carbocycles.